The fourth-order valence-electron chi connectivity index (χ4n) is 2.14. The maximum Gasteiger partial charge on any atom is 0.240 e. The second-order valence-corrected chi connectivity index (χ2v) is 6.28. The van der Waals surface area contributed by atoms with Crippen molar-refractivity contribution in [3.05, 3.63) is 23.2 Å². The van der Waals surface area contributed by atoms with Gasteiger partial charge in [-0.05, 0) is 31.0 Å². The summed E-state index contributed by atoms with van der Waals surface area (Å²) >= 11 is 5.79. The SMILES string of the molecule is NS(=O)(=O)c1cc(Cl)ccc1NC1CCCC1. The van der Waals surface area contributed by atoms with E-state index in [0.29, 0.717) is 16.8 Å². The van der Waals surface area contributed by atoms with E-state index >= 15 is 0 Å². The monoisotopic (exact) mass is 274 g/mol. The molecule has 0 unspecified atom stereocenters. The molecular weight excluding hydrogens is 260 g/mol. The molecule has 0 atom stereocenters. The van der Waals surface area contributed by atoms with Crippen molar-refractivity contribution in [2.45, 2.75) is 36.6 Å². The van der Waals surface area contributed by atoms with Crippen molar-refractivity contribution in [1.29, 1.82) is 0 Å². The molecule has 3 N–H and O–H groups in total. The Morgan fingerprint density at radius 1 is 1.29 bits per heavy atom. The lowest BCUT2D eigenvalue weighted by molar-refractivity contribution is 0.597. The number of rotatable bonds is 3. The molecular formula is C11H15ClN2O2S. The molecule has 6 heteroatoms. The van der Waals surface area contributed by atoms with Gasteiger partial charge in [0.25, 0.3) is 0 Å². The predicted molar refractivity (Wildman–Crippen MR) is 68.7 cm³/mol. The average Bonchev–Trinajstić information content (AvgIpc) is 2.72. The van der Waals surface area contributed by atoms with E-state index in [9.17, 15) is 8.42 Å². The van der Waals surface area contributed by atoms with E-state index in [-0.39, 0.29) is 4.90 Å². The molecule has 94 valence electrons. The molecule has 4 nitrogen and oxygen atoms in total. The summed E-state index contributed by atoms with van der Waals surface area (Å²) in [5.74, 6) is 0. The zero-order chi connectivity index (χ0) is 12.5. The number of nitrogens with one attached hydrogen (secondary N) is 1. The van der Waals surface area contributed by atoms with Crippen molar-refractivity contribution in [3.8, 4) is 0 Å². The Balaban J connectivity index is 2.32. The van der Waals surface area contributed by atoms with Crippen molar-refractivity contribution >= 4 is 27.3 Å². The molecule has 0 radical (unpaired) electrons. The Morgan fingerprint density at radius 3 is 2.53 bits per heavy atom. The molecule has 1 aliphatic carbocycles. The number of nitrogens with two attached hydrogens (primary N) is 1. The van der Waals surface area contributed by atoms with Crippen LogP contribution in [0.1, 0.15) is 25.7 Å². The molecule has 0 aliphatic heterocycles. The van der Waals surface area contributed by atoms with Gasteiger partial charge >= 0.3 is 0 Å². The van der Waals surface area contributed by atoms with Crippen LogP contribution >= 0.6 is 11.6 Å². The van der Waals surface area contributed by atoms with E-state index in [1.165, 1.54) is 18.9 Å². The predicted octanol–water partition coefficient (Wildman–Crippen LogP) is 2.34. The first-order valence-electron chi connectivity index (χ1n) is 5.56. The Hall–Kier alpha value is -0.780. The number of anilines is 1. The molecule has 1 saturated carbocycles. The van der Waals surface area contributed by atoms with Crippen LogP contribution in [0.15, 0.2) is 23.1 Å². The van der Waals surface area contributed by atoms with Crippen LogP contribution in [0.2, 0.25) is 5.02 Å². The van der Waals surface area contributed by atoms with E-state index in [1.54, 1.807) is 12.1 Å². The smallest absolute Gasteiger partial charge is 0.240 e. The van der Waals surface area contributed by atoms with Crippen molar-refractivity contribution < 1.29 is 8.42 Å². The summed E-state index contributed by atoms with van der Waals surface area (Å²) in [4.78, 5) is 0.0666. The number of hydrogen-bond acceptors (Lipinski definition) is 3. The fourth-order valence-corrected chi connectivity index (χ4v) is 3.10. The molecule has 0 spiro atoms. The second-order valence-electron chi connectivity index (χ2n) is 4.31. The van der Waals surface area contributed by atoms with Crippen LogP contribution in [0.4, 0.5) is 5.69 Å². The largest absolute Gasteiger partial charge is 0.381 e. The molecule has 2 rings (SSSR count). The average molecular weight is 275 g/mol. The molecule has 17 heavy (non-hydrogen) atoms. The highest BCUT2D eigenvalue weighted by atomic mass is 35.5. The number of sulfonamides is 1. The Morgan fingerprint density at radius 2 is 1.94 bits per heavy atom. The normalized spacial score (nSPS) is 17.3. The lowest BCUT2D eigenvalue weighted by Gasteiger charge is -2.16. The molecule has 0 aromatic heterocycles. The van der Waals surface area contributed by atoms with Gasteiger partial charge in [-0.2, -0.15) is 0 Å². The van der Waals surface area contributed by atoms with Gasteiger partial charge in [0.2, 0.25) is 10.0 Å². The van der Waals surface area contributed by atoms with Crippen molar-refractivity contribution in [3.63, 3.8) is 0 Å². The maximum absolute atomic E-state index is 11.5. The third-order valence-electron chi connectivity index (χ3n) is 2.96. The van der Waals surface area contributed by atoms with Crippen LogP contribution in [0.3, 0.4) is 0 Å². The highest BCUT2D eigenvalue weighted by Gasteiger charge is 2.19. The van der Waals surface area contributed by atoms with E-state index < -0.39 is 10.0 Å². The van der Waals surface area contributed by atoms with Crippen LogP contribution in [0, 0.1) is 0 Å². The summed E-state index contributed by atoms with van der Waals surface area (Å²) in [6, 6.07) is 5.04. The van der Waals surface area contributed by atoms with E-state index in [4.69, 9.17) is 16.7 Å². The molecule has 1 aliphatic rings. The van der Waals surface area contributed by atoms with Crippen LogP contribution in [-0.2, 0) is 10.0 Å². The molecule has 0 bridgehead atoms. The third-order valence-corrected chi connectivity index (χ3v) is 4.15. The zero-order valence-electron chi connectivity index (χ0n) is 9.32. The first kappa shape index (κ1) is 12.7. The standard InChI is InChI=1S/C11H15ClN2O2S/c12-8-5-6-10(11(7-8)17(13,15)16)14-9-3-1-2-4-9/h5-7,9,14H,1-4H2,(H2,13,15,16). The highest BCUT2D eigenvalue weighted by molar-refractivity contribution is 7.89. The summed E-state index contributed by atoms with van der Waals surface area (Å²) in [6.07, 6.45) is 4.48. The lowest BCUT2D eigenvalue weighted by atomic mass is 10.2. The van der Waals surface area contributed by atoms with E-state index in [0.717, 1.165) is 12.8 Å². The minimum Gasteiger partial charge on any atom is -0.381 e. The highest BCUT2D eigenvalue weighted by Crippen LogP contribution is 2.28. The van der Waals surface area contributed by atoms with Crippen molar-refractivity contribution in [2.24, 2.45) is 5.14 Å². The fraction of sp³-hybridized carbons (Fsp3) is 0.455. The van der Waals surface area contributed by atoms with Crippen LogP contribution in [0.25, 0.3) is 0 Å². The minimum absolute atomic E-state index is 0.0666. The molecule has 1 aromatic rings. The minimum atomic E-state index is -3.74. The summed E-state index contributed by atoms with van der Waals surface area (Å²) in [5, 5.41) is 8.77. The number of hydrogen-bond donors (Lipinski definition) is 2. The molecule has 0 amide bonds. The third kappa shape index (κ3) is 3.12. The van der Waals surface area contributed by atoms with Gasteiger partial charge < -0.3 is 5.32 Å². The van der Waals surface area contributed by atoms with Crippen LogP contribution < -0.4 is 10.5 Å². The lowest BCUT2D eigenvalue weighted by Crippen LogP contribution is -2.19. The van der Waals surface area contributed by atoms with Gasteiger partial charge in [-0.25, -0.2) is 13.6 Å². The topological polar surface area (TPSA) is 72.2 Å². The number of primary sulfonamides is 1. The van der Waals surface area contributed by atoms with Gasteiger partial charge in [0, 0.05) is 11.1 Å². The van der Waals surface area contributed by atoms with Gasteiger partial charge in [0.1, 0.15) is 4.90 Å². The Labute approximate surface area is 106 Å². The second kappa shape index (κ2) is 4.84. The molecule has 0 saturated heterocycles. The number of benzene rings is 1. The maximum atomic E-state index is 11.5. The summed E-state index contributed by atoms with van der Waals surface area (Å²) < 4.78 is 22.9. The van der Waals surface area contributed by atoms with Crippen molar-refractivity contribution in [2.75, 3.05) is 5.32 Å². The van der Waals surface area contributed by atoms with E-state index in [1.807, 2.05) is 0 Å². The van der Waals surface area contributed by atoms with Gasteiger partial charge in [0.15, 0.2) is 0 Å². The van der Waals surface area contributed by atoms with Crippen LogP contribution in [-0.4, -0.2) is 14.5 Å². The van der Waals surface area contributed by atoms with Crippen molar-refractivity contribution in [1.82, 2.24) is 0 Å². The quantitative estimate of drug-likeness (QED) is 0.889. The Bertz CT molecular complexity index is 510. The van der Waals surface area contributed by atoms with Gasteiger partial charge in [-0.15, -0.1) is 0 Å². The van der Waals surface area contributed by atoms with Gasteiger partial charge in [0.05, 0.1) is 5.69 Å². The first-order chi connectivity index (χ1) is 7.97. The van der Waals surface area contributed by atoms with Gasteiger partial charge in [-0.3, -0.25) is 0 Å². The Kier molecular flexibility index (Phi) is 3.61. The number of halogens is 1. The van der Waals surface area contributed by atoms with Gasteiger partial charge in [-0.1, -0.05) is 24.4 Å². The zero-order valence-corrected chi connectivity index (χ0v) is 10.9. The summed E-state index contributed by atoms with van der Waals surface area (Å²) in [6.45, 7) is 0. The van der Waals surface area contributed by atoms with Crippen LogP contribution in [0.5, 0.6) is 0 Å². The molecule has 0 heterocycles. The molecule has 1 aromatic carbocycles. The first-order valence-corrected chi connectivity index (χ1v) is 7.48. The summed E-state index contributed by atoms with van der Waals surface area (Å²) in [5.41, 5.74) is 0.545. The summed E-state index contributed by atoms with van der Waals surface area (Å²) in [7, 11) is -3.74. The molecule has 1 fully saturated rings. The van der Waals surface area contributed by atoms with E-state index in [2.05, 4.69) is 5.32 Å².